The molecule has 0 unspecified atom stereocenters. The molecule has 0 bridgehead atoms. The lowest BCUT2D eigenvalue weighted by atomic mass is 9.86. The maximum Gasteiger partial charge on any atom is 0.311 e. The molecule has 0 spiro atoms. The zero-order chi connectivity index (χ0) is 15.6. The first-order chi connectivity index (χ1) is 9.79. The van der Waals surface area contributed by atoms with E-state index in [-0.39, 0.29) is 16.9 Å². The number of rotatable bonds is 3. The number of para-hydroxylation sites is 2. The van der Waals surface area contributed by atoms with Gasteiger partial charge < -0.3 is 4.74 Å². The number of hydrogen-bond donors (Lipinski definition) is 0. The van der Waals surface area contributed by atoms with E-state index in [1.165, 1.54) is 6.07 Å². The first-order valence-corrected chi connectivity index (χ1v) is 6.81. The van der Waals surface area contributed by atoms with Crippen LogP contribution in [0.4, 0.5) is 5.69 Å². The van der Waals surface area contributed by atoms with Crippen molar-refractivity contribution >= 4 is 5.69 Å². The molecule has 0 saturated heterocycles. The maximum atomic E-state index is 11.1. The van der Waals surface area contributed by atoms with Gasteiger partial charge in [-0.3, -0.25) is 10.1 Å². The standard InChI is InChI=1S/C17H19NO3/c1-12-9-10-13(17(2,3)4)16(11-12)21-15-8-6-5-7-14(15)18(19)20/h5-11H,1-4H3. The fourth-order valence-corrected chi connectivity index (χ4v) is 2.15. The van der Waals surface area contributed by atoms with Gasteiger partial charge in [0.1, 0.15) is 5.75 Å². The molecule has 110 valence electrons. The number of hydrogen-bond acceptors (Lipinski definition) is 3. The number of aryl methyl sites for hydroxylation is 1. The highest BCUT2D eigenvalue weighted by atomic mass is 16.6. The summed E-state index contributed by atoms with van der Waals surface area (Å²) >= 11 is 0. The van der Waals surface area contributed by atoms with E-state index in [1.807, 2.05) is 25.1 Å². The fraction of sp³-hybridized carbons (Fsp3) is 0.294. The van der Waals surface area contributed by atoms with E-state index < -0.39 is 4.92 Å². The van der Waals surface area contributed by atoms with Gasteiger partial charge in [0, 0.05) is 11.6 Å². The minimum atomic E-state index is -0.429. The van der Waals surface area contributed by atoms with E-state index in [4.69, 9.17) is 4.74 Å². The van der Waals surface area contributed by atoms with Gasteiger partial charge in [-0.1, -0.05) is 45.0 Å². The van der Waals surface area contributed by atoms with Crippen LogP contribution in [-0.4, -0.2) is 4.92 Å². The van der Waals surface area contributed by atoms with Crippen LogP contribution in [0.25, 0.3) is 0 Å². The average molecular weight is 285 g/mol. The molecule has 4 nitrogen and oxygen atoms in total. The number of benzene rings is 2. The highest BCUT2D eigenvalue weighted by Gasteiger charge is 2.21. The predicted molar refractivity (Wildman–Crippen MR) is 83.0 cm³/mol. The minimum absolute atomic E-state index is 0.0288. The molecule has 21 heavy (non-hydrogen) atoms. The summed E-state index contributed by atoms with van der Waals surface area (Å²) in [5, 5.41) is 11.1. The quantitative estimate of drug-likeness (QED) is 0.589. The van der Waals surface area contributed by atoms with E-state index in [9.17, 15) is 10.1 Å². The van der Waals surface area contributed by atoms with Crippen LogP contribution in [-0.2, 0) is 5.41 Å². The van der Waals surface area contributed by atoms with Gasteiger partial charge >= 0.3 is 5.69 Å². The monoisotopic (exact) mass is 285 g/mol. The lowest BCUT2D eigenvalue weighted by molar-refractivity contribution is -0.385. The van der Waals surface area contributed by atoms with Crippen LogP contribution in [0.2, 0.25) is 0 Å². The summed E-state index contributed by atoms with van der Waals surface area (Å²) < 4.78 is 5.87. The van der Waals surface area contributed by atoms with Crippen LogP contribution < -0.4 is 4.74 Å². The molecule has 4 heteroatoms. The van der Waals surface area contributed by atoms with Crippen LogP contribution in [0, 0.1) is 17.0 Å². The highest BCUT2D eigenvalue weighted by molar-refractivity contribution is 5.50. The highest BCUT2D eigenvalue weighted by Crippen LogP contribution is 2.37. The van der Waals surface area contributed by atoms with Gasteiger partial charge in [-0.2, -0.15) is 0 Å². The first kappa shape index (κ1) is 15.0. The molecular weight excluding hydrogens is 266 g/mol. The Morgan fingerprint density at radius 2 is 1.71 bits per heavy atom. The smallest absolute Gasteiger partial charge is 0.311 e. The summed E-state index contributed by atoms with van der Waals surface area (Å²) in [5.41, 5.74) is 1.94. The van der Waals surface area contributed by atoms with Gasteiger partial charge in [0.15, 0.2) is 0 Å². The summed E-state index contributed by atoms with van der Waals surface area (Å²) in [4.78, 5) is 10.7. The number of ether oxygens (including phenoxy) is 1. The van der Waals surface area contributed by atoms with Crippen molar-refractivity contribution in [2.24, 2.45) is 0 Å². The van der Waals surface area contributed by atoms with Crippen LogP contribution >= 0.6 is 0 Å². The second-order valence-corrected chi connectivity index (χ2v) is 6.08. The van der Waals surface area contributed by atoms with Crippen LogP contribution in [0.3, 0.4) is 0 Å². The van der Waals surface area contributed by atoms with E-state index in [0.717, 1.165) is 11.1 Å². The molecule has 0 N–H and O–H groups in total. The third-order valence-corrected chi connectivity index (χ3v) is 3.23. The van der Waals surface area contributed by atoms with E-state index in [0.29, 0.717) is 5.75 Å². The van der Waals surface area contributed by atoms with E-state index in [1.54, 1.807) is 18.2 Å². The van der Waals surface area contributed by atoms with Crippen molar-refractivity contribution in [3.63, 3.8) is 0 Å². The molecule has 0 aliphatic carbocycles. The van der Waals surface area contributed by atoms with Gasteiger partial charge in [0.2, 0.25) is 5.75 Å². The Morgan fingerprint density at radius 3 is 2.33 bits per heavy atom. The van der Waals surface area contributed by atoms with Gasteiger partial charge in [-0.05, 0) is 30.0 Å². The van der Waals surface area contributed by atoms with Gasteiger partial charge in [-0.25, -0.2) is 0 Å². The average Bonchev–Trinajstić information content (AvgIpc) is 2.37. The molecule has 2 aromatic rings. The van der Waals surface area contributed by atoms with Gasteiger partial charge in [-0.15, -0.1) is 0 Å². The number of nitrogens with zero attached hydrogens (tertiary/aromatic N) is 1. The molecule has 0 fully saturated rings. The molecule has 0 heterocycles. The van der Waals surface area contributed by atoms with Crippen LogP contribution in [0.15, 0.2) is 42.5 Å². The summed E-state index contributed by atoms with van der Waals surface area (Å²) in [6, 6.07) is 12.4. The Morgan fingerprint density at radius 1 is 1.05 bits per heavy atom. The van der Waals surface area contributed by atoms with Crippen molar-refractivity contribution in [1.82, 2.24) is 0 Å². The zero-order valence-corrected chi connectivity index (χ0v) is 12.7. The maximum absolute atomic E-state index is 11.1. The van der Waals surface area contributed by atoms with Crippen molar-refractivity contribution in [1.29, 1.82) is 0 Å². The SMILES string of the molecule is Cc1ccc(C(C)(C)C)c(Oc2ccccc2[N+](=O)[O-])c1. The Hall–Kier alpha value is -2.36. The molecule has 0 amide bonds. The summed E-state index contributed by atoms with van der Waals surface area (Å²) in [6.07, 6.45) is 0. The Labute approximate surface area is 124 Å². The molecule has 2 aromatic carbocycles. The normalized spacial score (nSPS) is 11.2. The van der Waals surface area contributed by atoms with Crippen LogP contribution in [0.5, 0.6) is 11.5 Å². The molecule has 0 radical (unpaired) electrons. The molecular formula is C17H19NO3. The van der Waals surface area contributed by atoms with Crippen molar-refractivity contribution in [2.75, 3.05) is 0 Å². The second kappa shape index (κ2) is 5.56. The van der Waals surface area contributed by atoms with Crippen molar-refractivity contribution in [3.05, 3.63) is 63.7 Å². The van der Waals surface area contributed by atoms with Gasteiger partial charge in [0.05, 0.1) is 4.92 Å². The molecule has 0 aliphatic rings. The van der Waals surface area contributed by atoms with Gasteiger partial charge in [0.25, 0.3) is 0 Å². The Bertz CT molecular complexity index is 672. The van der Waals surface area contributed by atoms with Crippen LogP contribution in [0.1, 0.15) is 31.9 Å². The lowest BCUT2D eigenvalue weighted by Crippen LogP contribution is -2.12. The van der Waals surface area contributed by atoms with Crippen molar-refractivity contribution in [3.8, 4) is 11.5 Å². The minimum Gasteiger partial charge on any atom is -0.450 e. The largest absolute Gasteiger partial charge is 0.450 e. The summed E-state index contributed by atoms with van der Waals surface area (Å²) in [7, 11) is 0. The number of nitro benzene ring substituents is 1. The van der Waals surface area contributed by atoms with E-state index >= 15 is 0 Å². The second-order valence-electron chi connectivity index (χ2n) is 6.08. The predicted octanol–water partition coefficient (Wildman–Crippen LogP) is 4.99. The lowest BCUT2D eigenvalue weighted by Gasteiger charge is -2.23. The molecule has 0 saturated carbocycles. The number of nitro groups is 1. The molecule has 0 aliphatic heterocycles. The topological polar surface area (TPSA) is 52.4 Å². The fourth-order valence-electron chi connectivity index (χ4n) is 2.15. The van der Waals surface area contributed by atoms with Crippen molar-refractivity contribution < 1.29 is 9.66 Å². The van der Waals surface area contributed by atoms with Crippen molar-refractivity contribution in [2.45, 2.75) is 33.1 Å². The molecule has 0 aromatic heterocycles. The Kier molecular flexibility index (Phi) is 3.98. The molecule has 2 rings (SSSR count). The summed E-state index contributed by atoms with van der Waals surface area (Å²) in [6.45, 7) is 8.23. The van der Waals surface area contributed by atoms with E-state index in [2.05, 4.69) is 20.8 Å². The third kappa shape index (κ3) is 3.40. The first-order valence-electron chi connectivity index (χ1n) is 6.81. The third-order valence-electron chi connectivity index (χ3n) is 3.23. The Balaban J connectivity index is 2.49. The zero-order valence-electron chi connectivity index (χ0n) is 12.7. The molecule has 0 atom stereocenters. The summed E-state index contributed by atoms with van der Waals surface area (Å²) in [5.74, 6) is 0.926.